The van der Waals surface area contributed by atoms with Gasteiger partial charge in [0, 0.05) is 12.8 Å². The zero-order chi connectivity index (χ0) is 57.5. The fourth-order valence-electron chi connectivity index (χ4n) is 8.17. The van der Waals surface area contributed by atoms with Crippen LogP contribution in [0.2, 0.25) is 0 Å². The molecule has 1 aliphatic rings. The van der Waals surface area contributed by atoms with Gasteiger partial charge in [0.05, 0.1) is 13.0 Å². The average Bonchev–Trinajstić information content (AvgIpc) is 3.44. The normalized spacial score (nSPS) is 18.8. The third-order valence-corrected chi connectivity index (χ3v) is 12.7. The first-order valence-corrected chi connectivity index (χ1v) is 30.2. The van der Waals surface area contributed by atoms with Gasteiger partial charge in [0.2, 0.25) is 0 Å². The number of carboxylic acid groups (broad SMARTS) is 1. The molecule has 0 aromatic heterocycles. The molecule has 1 rings (SSSR count). The van der Waals surface area contributed by atoms with Crippen LogP contribution in [0.25, 0.3) is 0 Å². The van der Waals surface area contributed by atoms with Crippen molar-refractivity contribution in [1.29, 1.82) is 0 Å². The minimum Gasteiger partial charge on any atom is -0.479 e. The summed E-state index contributed by atoms with van der Waals surface area (Å²) in [7, 11) is 0. The Balaban J connectivity index is 2.75. The Labute approximate surface area is 477 Å². The first-order valence-electron chi connectivity index (χ1n) is 30.2. The highest BCUT2D eigenvalue weighted by molar-refractivity contribution is 5.74. The monoisotopic (exact) mass is 1100 g/mol. The molecule has 12 nitrogen and oxygen atoms in total. The van der Waals surface area contributed by atoms with E-state index in [1.54, 1.807) is 12.2 Å². The van der Waals surface area contributed by atoms with E-state index in [1.807, 2.05) is 12.2 Å². The van der Waals surface area contributed by atoms with E-state index in [2.05, 4.69) is 130 Å². The van der Waals surface area contributed by atoms with E-state index in [1.165, 1.54) is 25.7 Å². The van der Waals surface area contributed by atoms with Crippen LogP contribution in [0.4, 0.5) is 0 Å². The van der Waals surface area contributed by atoms with Crippen molar-refractivity contribution in [2.45, 2.75) is 250 Å². The lowest BCUT2D eigenvalue weighted by Gasteiger charge is -2.40. The smallest absolute Gasteiger partial charge is 0.335 e. The second kappa shape index (κ2) is 53.5. The highest BCUT2D eigenvalue weighted by Gasteiger charge is 2.50. The van der Waals surface area contributed by atoms with Gasteiger partial charge in [-0.1, -0.05) is 212 Å². The van der Waals surface area contributed by atoms with Crippen LogP contribution in [0.1, 0.15) is 213 Å². The summed E-state index contributed by atoms with van der Waals surface area (Å²) >= 11 is 0. The van der Waals surface area contributed by atoms with Gasteiger partial charge in [-0.05, 0) is 116 Å². The summed E-state index contributed by atoms with van der Waals surface area (Å²) in [6.07, 6.45) is 63.0. The third-order valence-electron chi connectivity index (χ3n) is 12.7. The summed E-state index contributed by atoms with van der Waals surface area (Å²) in [6.45, 7) is 5.66. The lowest BCUT2D eigenvalue weighted by atomic mass is 9.98. The predicted molar refractivity (Wildman–Crippen MR) is 321 cm³/mol. The van der Waals surface area contributed by atoms with Crippen LogP contribution in [-0.4, -0.2) is 89.2 Å². The van der Waals surface area contributed by atoms with Crippen LogP contribution in [0.5, 0.6) is 0 Å². The first kappa shape index (κ1) is 71.9. The van der Waals surface area contributed by atoms with E-state index in [9.17, 15) is 34.5 Å². The maximum Gasteiger partial charge on any atom is 0.335 e. The molecule has 0 amide bonds. The summed E-state index contributed by atoms with van der Waals surface area (Å²) in [4.78, 5) is 51.1. The van der Waals surface area contributed by atoms with Gasteiger partial charge in [-0.3, -0.25) is 14.4 Å². The molecule has 1 aliphatic heterocycles. The molecule has 6 atom stereocenters. The number of ether oxygens (including phenoxy) is 5. The van der Waals surface area contributed by atoms with Gasteiger partial charge in [-0.25, -0.2) is 4.79 Å². The molecule has 12 heteroatoms. The number of allylic oxidation sites excluding steroid dienone is 21. The van der Waals surface area contributed by atoms with Gasteiger partial charge in [-0.2, -0.15) is 0 Å². The topological polar surface area (TPSA) is 175 Å². The van der Waals surface area contributed by atoms with Crippen molar-refractivity contribution < 1.29 is 58.2 Å². The molecule has 1 fully saturated rings. The van der Waals surface area contributed by atoms with Crippen molar-refractivity contribution in [2.24, 2.45) is 0 Å². The minimum atomic E-state index is -1.95. The lowest BCUT2D eigenvalue weighted by molar-refractivity contribution is -0.301. The van der Waals surface area contributed by atoms with Crippen LogP contribution in [0.3, 0.4) is 0 Å². The zero-order valence-electron chi connectivity index (χ0n) is 48.8. The number of aliphatic hydroxyl groups excluding tert-OH is 2. The number of carbonyl (C=O) groups is 4. The number of carbonyl (C=O) groups excluding carboxylic acids is 3. The highest BCUT2D eigenvalue weighted by atomic mass is 16.7. The minimum absolute atomic E-state index is 0.122. The summed E-state index contributed by atoms with van der Waals surface area (Å²) in [6, 6.07) is 0. The van der Waals surface area contributed by atoms with E-state index in [0.29, 0.717) is 19.3 Å². The van der Waals surface area contributed by atoms with Crippen molar-refractivity contribution in [2.75, 3.05) is 13.2 Å². The fraction of sp³-hybridized carbons (Fsp3) is 0.612. The molecule has 0 bridgehead atoms. The molecule has 3 N–H and O–H groups in total. The Hall–Kier alpha value is -5.14. The second-order valence-electron chi connectivity index (χ2n) is 19.9. The molecule has 1 saturated heterocycles. The Kier molecular flexibility index (Phi) is 48.7. The Bertz CT molecular complexity index is 1880. The van der Waals surface area contributed by atoms with E-state index in [0.717, 1.165) is 128 Å². The van der Waals surface area contributed by atoms with Crippen molar-refractivity contribution in [3.63, 3.8) is 0 Å². The number of carboxylic acids is 1. The Morgan fingerprint density at radius 2 is 0.835 bits per heavy atom. The van der Waals surface area contributed by atoms with Crippen LogP contribution in [0, 0.1) is 0 Å². The van der Waals surface area contributed by atoms with Gasteiger partial charge in [-0.15, -0.1) is 0 Å². The second-order valence-corrected chi connectivity index (χ2v) is 19.9. The number of hydrogen-bond donors (Lipinski definition) is 3. The molecule has 0 saturated carbocycles. The Morgan fingerprint density at radius 3 is 1.28 bits per heavy atom. The van der Waals surface area contributed by atoms with Gasteiger partial charge in [0.15, 0.2) is 24.6 Å². The lowest BCUT2D eigenvalue weighted by Crippen LogP contribution is -2.61. The largest absolute Gasteiger partial charge is 0.479 e. The zero-order valence-corrected chi connectivity index (χ0v) is 48.8. The molecule has 0 aromatic rings. The van der Waals surface area contributed by atoms with Gasteiger partial charge in [0.1, 0.15) is 18.8 Å². The first-order chi connectivity index (χ1) is 38.6. The molecular weight excluding hydrogens is 997 g/mol. The van der Waals surface area contributed by atoms with Gasteiger partial charge in [0.25, 0.3) is 0 Å². The number of hydrogen-bond acceptors (Lipinski definition) is 11. The number of esters is 3. The Morgan fingerprint density at radius 1 is 0.443 bits per heavy atom. The van der Waals surface area contributed by atoms with E-state index < -0.39 is 67.3 Å². The van der Waals surface area contributed by atoms with Gasteiger partial charge >= 0.3 is 23.9 Å². The molecule has 1 heterocycles. The molecular formula is C67H104O12. The quantitative estimate of drug-likeness (QED) is 0.0228. The van der Waals surface area contributed by atoms with Crippen molar-refractivity contribution in [1.82, 2.24) is 0 Å². The number of unbranched alkanes of at least 4 members (excludes halogenated alkanes) is 14. The van der Waals surface area contributed by atoms with Crippen LogP contribution < -0.4 is 0 Å². The molecule has 444 valence electrons. The van der Waals surface area contributed by atoms with Crippen LogP contribution in [0.15, 0.2) is 134 Å². The average molecular weight is 1100 g/mol. The van der Waals surface area contributed by atoms with E-state index in [-0.39, 0.29) is 25.9 Å². The number of aliphatic hydroxyl groups is 2. The maximum absolute atomic E-state index is 13.2. The maximum atomic E-state index is 13.2. The number of aliphatic carboxylic acids is 1. The van der Waals surface area contributed by atoms with Crippen LogP contribution in [-0.2, 0) is 42.9 Å². The van der Waals surface area contributed by atoms with E-state index >= 15 is 0 Å². The molecule has 0 spiro atoms. The van der Waals surface area contributed by atoms with Crippen molar-refractivity contribution >= 4 is 23.9 Å². The van der Waals surface area contributed by atoms with Crippen molar-refractivity contribution in [3.8, 4) is 0 Å². The molecule has 79 heavy (non-hydrogen) atoms. The summed E-state index contributed by atoms with van der Waals surface area (Å²) in [5.74, 6) is -3.34. The summed E-state index contributed by atoms with van der Waals surface area (Å²) in [5.41, 5.74) is 0. The third kappa shape index (κ3) is 43.4. The van der Waals surface area contributed by atoms with E-state index in [4.69, 9.17) is 23.7 Å². The molecule has 6 unspecified atom stereocenters. The summed E-state index contributed by atoms with van der Waals surface area (Å²) in [5, 5.41) is 31.5. The highest BCUT2D eigenvalue weighted by Crippen LogP contribution is 2.26. The van der Waals surface area contributed by atoms with Crippen LogP contribution >= 0.6 is 0 Å². The van der Waals surface area contributed by atoms with Gasteiger partial charge < -0.3 is 39.0 Å². The fourth-order valence-corrected chi connectivity index (χ4v) is 8.17. The molecule has 0 aliphatic carbocycles. The molecule has 0 aromatic carbocycles. The van der Waals surface area contributed by atoms with Crippen molar-refractivity contribution in [3.05, 3.63) is 134 Å². The summed E-state index contributed by atoms with van der Waals surface area (Å²) < 4.78 is 28.3. The SMILES string of the molecule is CC/C=C\C/C=C\C/C=C\C/C=C\C/C=C\CC(=O)OC1C(OCC(COC(=O)CCCCCCCC/C=C\C/C=C\C/C=C\CCCCC)OC(=O)CCCCCCC/C=C\C/C=C\C/C=C\CC)OC(C(=O)O)C(O)C1O. The molecule has 0 radical (unpaired) electrons. The predicted octanol–water partition coefficient (Wildman–Crippen LogP) is 15.8. The number of rotatable bonds is 49. The standard InChI is InChI=1S/C67H104O12/c1-4-7-10-13-16-19-22-25-28-29-30-31-34-35-38-41-44-47-50-53-59(68)75-56-58(77-60(69)54-51-48-45-42-39-36-32-26-23-20-17-14-11-8-5-2)57-76-67-65(63(72)62(71)64(79-67)66(73)74)78-61(70)55-52-49-46-43-40-37-33-27-24-21-18-15-12-9-6-3/h8-9,11-12,16-21,25-28,30-33,40,43,49,52,58,62-65,67,71-72H,4-7,10,13-15,22-24,29,34-39,41-42,44-48,50-51,53-57H2,1-3H3,(H,73,74)/b11-8-,12-9-,19-16-,20-17-,21-18-,28-25-,31-30-,32-26-,33-27-,43-40-,52-49-.